The fraction of sp³-hybridized carbons (Fsp3) is 0.333. The monoisotopic (exact) mass is 344 g/mol. The van der Waals surface area contributed by atoms with Crippen LogP contribution in [0.5, 0.6) is 5.75 Å². The van der Waals surface area contributed by atoms with Crippen molar-refractivity contribution in [1.82, 2.24) is 0 Å². The summed E-state index contributed by atoms with van der Waals surface area (Å²) in [4.78, 5) is 27.0. The van der Waals surface area contributed by atoms with Crippen molar-refractivity contribution in [2.45, 2.75) is 26.9 Å². The van der Waals surface area contributed by atoms with Gasteiger partial charge < -0.3 is 15.0 Å². The molecule has 1 atom stereocenters. The van der Waals surface area contributed by atoms with Crippen LogP contribution in [0.25, 0.3) is 0 Å². The Labute approximate surface area is 145 Å². The second kappa shape index (κ2) is 6.65. The summed E-state index contributed by atoms with van der Waals surface area (Å²) in [5.41, 5.74) is 1.40. The first-order chi connectivity index (χ1) is 11.5. The highest BCUT2D eigenvalue weighted by Crippen LogP contribution is 2.36. The fourth-order valence-electron chi connectivity index (χ4n) is 2.64. The van der Waals surface area contributed by atoms with Gasteiger partial charge in [-0.05, 0) is 36.4 Å². The van der Waals surface area contributed by atoms with E-state index >= 15 is 0 Å². The molecule has 0 aliphatic carbocycles. The molecule has 24 heavy (non-hydrogen) atoms. The number of ether oxygens (including phenoxy) is 1. The molecule has 0 spiro atoms. The van der Waals surface area contributed by atoms with Gasteiger partial charge in [-0.3, -0.25) is 9.59 Å². The molecule has 0 bridgehead atoms. The third-order valence-corrected chi connectivity index (χ3v) is 4.59. The van der Waals surface area contributed by atoms with E-state index in [4.69, 9.17) is 4.74 Å². The molecule has 1 aliphatic heterocycles. The number of anilines is 2. The minimum absolute atomic E-state index is 0.0356. The summed E-state index contributed by atoms with van der Waals surface area (Å²) in [6.07, 6.45) is -0.528. The summed E-state index contributed by atoms with van der Waals surface area (Å²) in [5, 5.41) is 4.73. The zero-order chi connectivity index (χ0) is 17.3. The second-order valence-electron chi connectivity index (χ2n) is 6.22. The van der Waals surface area contributed by atoms with E-state index < -0.39 is 6.10 Å². The Hall–Kier alpha value is -2.34. The highest BCUT2D eigenvalue weighted by Gasteiger charge is 2.32. The van der Waals surface area contributed by atoms with E-state index in [-0.39, 0.29) is 11.8 Å². The summed E-state index contributed by atoms with van der Waals surface area (Å²) in [6, 6.07) is 9.01. The van der Waals surface area contributed by atoms with Gasteiger partial charge in [0.25, 0.3) is 11.8 Å². The van der Waals surface area contributed by atoms with Gasteiger partial charge in [0.1, 0.15) is 5.75 Å². The number of hydrogen-bond acceptors (Lipinski definition) is 4. The van der Waals surface area contributed by atoms with Crippen LogP contribution in [0.15, 0.2) is 35.7 Å². The van der Waals surface area contributed by atoms with Crippen molar-refractivity contribution in [2.75, 3.05) is 16.8 Å². The van der Waals surface area contributed by atoms with Crippen LogP contribution < -0.4 is 15.0 Å². The quantitative estimate of drug-likeness (QED) is 0.918. The zero-order valence-corrected chi connectivity index (χ0v) is 14.7. The van der Waals surface area contributed by atoms with Crippen LogP contribution in [0.1, 0.15) is 30.4 Å². The smallest absolute Gasteiger partial charge is 0.267 e. The predicted octanol–water partition coefficient (Wildman–Crippen LogP) is 3.77. The van der Waals surface area contributed by atoms with E-state index in [2.05, 4.69) is 19.2 Å². The van der Waals surface area contributed by atoms with Crippen LogP contribution in [0.4, 0.5) is 11.4 Å². The molecule has 1 aromatic carbocycles. The third kappa shape index (κ3) is 3.28. The second-order valence-corrected chi connectivity index (χ2v) is 7.16. The topological polar surface area (TPSA) is 58.6 Å². The van der Waals surface area contributed by atoms with Crippen LogP contribution in [-0.4, -0.2) is 24.5 Å². The number of thiophene rings is 1. The van der Waals surface area contributed by atoms with Crippen LogP contribution in [0.3, 0.4) is 0 Å². The number of carbonyl (C=O) groups is 2. The maximum Gasteiger partial charge on any atom is 0.267 e. The van der Waals surface area contributed by atoms with Crippen molar-refractivity contribution < 1.29 is 14.3 Å². The molecule has 126 valence electrons. The van der Waals surface area contributed by atoms with E-state index in [1.165, 1.54) is 11.3 Å². The van der Waals surface area contributed by atoms with Gasteiger partial charge in [0.15, 0.2) is 6.10 Å². The molecular weight excluding hydrogens is 324 g/mol. The Morgan fingerprint density at radius 2 is 2.17 bits per heavy atom. The first-order valence-electron chi connectivity index (χ1n) is 7.92. The van der Waals surface area contributed by atoms with Crippen molar-refractivity contribution >= 4 is 34.5 Å². The molecule has 1 unspecified atom stereocenters. The van der Waals surface area contributed by atoms with Gasteiger partial charge in [-0.1, -0.05) is 19.9 Å². The number of rotatable bonds is 4. The van der Waals surface area contributed by atoms with Gasteiger partial charge >= 0.3 is 0 Å². The highest BCUT2D eigenvalue weighted by atomic mass is 32.1. The molecule has 1 aromatic heterocycles. The van der Waals surface area contributed by atoms with E-state index in [9.17, 15) is 9.59 Å². The maximum atomic E-state index is 12.4. The first kappa shape index (κ1) is 16.5. The number of hydrogen-bond donors (Lipinski definition) is 1. The number of benzene rings is 1. The van der Waals surface area contributed by atoms with Crippen LogP contribution in [0, 0.1) is 5.92 Å². The van der Waals surface area contributed by atoms with Crippen molar-refractivity contribution in [3.63, 3.8) is 0 Å². The zero-order valence-electron chi connectivity index (χ0n) is 13.9. The molecule has 0 radical (unpaired) electrons. The molecular formula is C18H20N2O3S. The Morgan fingerprint density at radius 1 is 1.38 bits per heavy atom. The average Bonchev–Trinajstić information content (AvgIpc) is 3.06. The number of amides is 2. The van der Waals surface area contributed by atoms with Crippen LogP contribution in [-0.2, 0) is 4.79 Å². The molecule has 2 amide bonds. The lowest BCUT2D eigenvalue weighted by molar-refractivity contribution is -0.125. The molecule has 3 rings (SSSR count). The van der Waals surface area contributed by atoms with Gasteiger partial charge in [-0.25, -0.2) is 0 Å². The highest BCUT2D eigenvalue weighted by molar-refractivity contribution is 7.12. The standard InChI is InChI=1S/C18H20N2O3S/c1-11(2)10-20-14-7-6-13(9-15(14)23-12(3)18(20)22)19-17(21)16-5-4-8-24-16/h4-9,11-12H,10H2,1-3H3,(H,19,21). The molecule has 0 saturated heterocycles. The Kier molecular flexibility index (Phi) is 4.57. The van der Waals surface area contributed by atoms with E-state index in [0.29, 0.717) is 28.8 Å². The maximum absolute atomic E-state index is 12.4. The summed E-state index contributed by atoms with van der Waals surface area (Å²) in [6.45, 7) is 6.53. The Balaban J connectivity index is 1.86. The average molecular weight is 344 g/mol. The van der Waals surface area contributed by atoms with Gasteiger partial charge in [0, 0.05) is 18.3 Å². The Morgan fingerprint density at radius 3 is 2.83 bits per heavy atom. The lowest BCUT2D eigenvalue weighted by atomic mass is 10.1. The van der Waals surface area contributed by atoms with Crippen LogP contribution >= 0.6 is 11.3 Å². The van der Waals surface area contributed by atoms with Gasteiger partial charge in [-0.15, -0.1) is 11.3 Å². The van der Waals surface area contributed by atoms with Crippen LogP contribution in [0.2, 0.25) is 0 Å². The lowest BCUT2D eigenvalue weighted by Crippen LogP contribution is -2.46. The van der Waals surface area contributed by atoms with E-state index in [1.54, 1.807) is 30.0 Å². The molecule has 0 saturated carbocycles. The summed E-state index contributed by atoms with van der Waals surface area (Å²) in [5.74, 6) is 0.785. The fourth-order valence-corrected chi connectivity index (χ4v) is 3.26. The minimum Gasteiger partial charge on any atom is -0.479 e. The van der Waals surface area contributed by atoms with Crippen molar-refractivity contribution in [1.29, 1.82) is 0 Å². The SMILES string of the molecule is CC(C)CN1C(=O)C(C)Oc2cc(NC(=O)c3cccs3)ccc21. The lowest BCUT2D eigenvalue weighted by Gasteiger charge is -2.34. The molecule has 1 aliphatic rings. The molecule has 0 fully saturated rings. The van der Waals surface area contributed by atoms with Crippen molar-refractivity contribution in [3.8, 4) is 5.75 Å². The van der Waals surface area contributed by atoms with Gasteiger partial charge in [0.05, 0.1) is 10.6 Å². The first-order valence-corrected chi connectivity index (χ1v) is 8.80. The molecule has 5 nitrogen and oxygen atoms in total. The summed E-state index contributed by atoms with van der Waals surface area (Å²) in [7, 11) is 0. The summed E-state index contributed by atoms with van der Waals surface area (Å²) >= 11 is 1.39. The van der Waals surface area contributed by atoms with E-state index in [1.807, 2.05) is 17.5 Å². The number of fused-ring (bicyclic) bond motifs is 1. The number of nitrogens with one attached hydrogen (secondary N) is 1. The third-order valence-electron chi connectivity index (χ3n) is 3.72. The minimum atomic E-state index is -0.528. The molecule has 2 heterocycles. The van der Waals surface area contributed by atoms with Gasteiger partial charge in [-0.2, -0.15) is 0 Å². The normalized spacial score (nSPS) is 16.8. The Bertz CT molecular complexity index is 756. The molecule has 6 heteroatoms. The molecule has 1 N–H and O–H groups in total. The predicted molar refractivity (Wildman–Crippen MR) is 96.0 cm³/mol. The largest absolute Gasteiger partial charge is 0.479 e. The van der Waals surface area contributed by atoms with Crippen molar-refractivity contribution in [2.24, 2.45) is 5.92 Å². The van der Waals surface area contributed by atoms with E-state index in [0.717, 1.165) is 5.69 Å². The number of carbonyl (C=O) groups excluding carboxylic acids is 2. The van der Waals surface area contributed by atoms with Gasteiger partial charge in [0.2, 0.25) is 0 Å². The number of nitrogens with zero attached hydrogens (tertiary/aromatic N) is 1. The summed E-state index contributed by atoms with van der Waals surface area (Å²) < 4.78 is 5.73. The molecule has 2 aromatic rings. The van der Waals surface area contributed by atoms with Crippen molar-refractivity contribution in [3.05, 3.63) is 40.6 Å².